The summed E-state index contributed by atoms with van der Waals surface area (Å²) in [7, 11) is 0. The van der Waals surface area contributed by atoms with Gasteiger partial charge in [-0.15, -0.1) is 0 Å². The van der Waals surface area contributed by atoms with E-state index in [9.17, 15) is 20.0 Å². The van der Waals surface area contributed by atoms with E-state index in [1.54, 1.807) is 37.3 Å². The smallest absolute Gasteiger partial charge is 0.406 e. The van der Waals surface area contributed by atoms with Crippen LogP contribution in [0.2, 0.25) is 0 Å². The number of nitro groups is 1. The molecule has 2 aromatic rings. The number of pyridine rings is 1. The van der Waals surface area contributed by atoms with E-state index in [2.05, 4.69) is 4.98 Å². The molecule has 1 N–H and O–H groups in total. The van der Waals surface area contributed by atoms with Gasteiger partial charge in [0.05, 0.1) is 0 Å². The number of aromatic nitrogens is 1. The zero-order chi connectivity index (χ0) is 15.4. The second-order valence-electron chi connectivity index (χ2n) is 4.28. The van der Waals surface area contributed by atoms with Gasteiger partial charge in [0.1, 0.15) is 5.69 Å². The van der Waals surface area contributed by atoms with E-state index in [0.717, 1.165) is 0 Å². The summed E-state index contributed by atoms with van der Waals surface area (Å²) in [5, 5.41) is 20.2. The van der Waals surface area contributed by atoms with E-state index >= 15 is 0 Å². The molecule has 7 nitrogen and oxygen atoms in total. The first kappa shape index (κ1) is 14.4. The molecule has 0 bridgehead atoms. The van der Waals surface area contributed by atoms with Crippen LogP contribution < -0.4 is 4.74 Å². The molecule has 0 saturated heterocycles. The van der Waals surface area contributed by atoms with Gasteiger partial charge in [0.2, 0.25) is 11.9 Å². The molecule has 1 heterocycles. The summed E-state index contributed by atoms with van der Waals surface area (Å²) in [4.78, 5) is 25.4. The Kier molecular flexibility index (Phi) is 4.13. The van der Waals surface area contributed by atoms with Gasteiger partial charge < -0.3 is 20.0 Å². The molecule has 0 radical (unpaired) electrons. The van der Waals surface area contributed by atoms with Gasteiger partial charge in [0.25, 0.3) is 0 Å². The van der Waals surface area contributed by atoms with Crippen molar-refractivity contribution >= 4 is 11.8 Å². The number of carbonyl (C=O) groups is 1. The second-order valence-corrected chi connectivity index (χ2v) is 4.28. The third-order valence-corrected chi connectivity index (χ3v) is 2.72. The highest BCUT2D eigenvalue weighted by Gasteiger charge is 2.26. The predicted octanol–water partition coefficient (Wildman–Crippen LogP) is 2.50. The van der Waals surface area contributed by atoms with Gasteiger partial charge in [-0.1, -0.05) is 30.3 Å². The number of aliphatic carboxylic acids is 1. The molecular formula is C14H12N2O5. The van der Waals surface area contributed by atoms with Crippen LogP contribution in [0.3, 0.4) is 0 Å². The SMILES string of the molecule is Cc1ccc(OC(C(=O)O)c2ccccc2)c([N+](=O)[O-])n1. The molecule has 0 fully saturated rings. The van der Waals surface area contributed by atoms with Crippen molar-refractivity contribution in [3.63, 3.8) is 0 Å². The number of rotatable bonds is 5. The van der Waals surface area contributed by atoms with E-state index in [4.69, 9.17) is 4.74 Å². The van der Waals surface area contributed by atoms with Crippen molar-refractivity contribution in [1.82, 2.24) is 4.98 Å². The second kappa shape index (κ2) is 6.00. The minimum Gasteiger partial charge on any atom is -0.478 e. The van der Waals surface area contributed by atoms with Gasteiger partial charge in [-0.05, 0) is 22.0 Å². The monoisotopic (exact) mass is 288 g/mol. The zero-order valence-corrected chi connectivity index (χ0v) is 11.1. The molecule has 7 heteroatoms. The molecular weight excluding hydrogens is 276 g/mol. The van der Waals surface area contributed by atoms with Gasteiger partial charge in [0, 0.05) is 12.5 Å². The molecule has 0 saturated carbocycles. The van der Waals surface area contributed by atoms with Gasteiger partial charge in [0.15, 0.2) is 0 Å². The minimum atomic E-state index is -1.34. The van der Waals surface area contributed by atoms with E-state index in [1.807, 2.05) is 0 Å². The van der Waals surface area contributed by atoms with Crippen LogP contribution in [-0.4, -0.2) is 21.0 Å². The third kappa shape index (κ3) is 3.33. The Morgan fingerprint density at radius 2 is 1.95 bits per heavy atom. The number of aryl methyl sites for hydroxylation is 1. The normalized spacial score (nSPS) is 11.7. The van der Waals surface area contributed by atoms with Crippen LogP contribution in [0, 0.1) is 17.0 Å². The molecule has 21 heavy (non-hydrogen) atoms. The first-order chi connectivity index (χ1) is 9.99. The maximum Gasteiger partial charge on any atom is 0.406 e. The molecule has 0 spiro atoms. The Hall–Kier alpha value is -2.96. The summed E-state index contributed by atoms with van der Waals surface area (Å²) in [5.74, 6) is -1.92. The molecule has 0 aliphatic carbocycles. The minimum absolute atomic E-state index is 0.179. The van der Waals surface area contributed by atoms with Crippen molar-refractivity contribution in [1.29, 1.82) is 0 Å². The fraction of sp³-hybridized carbons (Fsp3) is 0.143. The first-order valence-corrected chi connectivity index (χ1v) is 6.05. The molecule has 108 valence electrons. The number of carboxylic acids is 1. The van der Waals surface area contributed by atoms with Crippen LogP contribution in [0.4, 0.5) is 5.82 Å². The molecule has 1 aromatic heterocycles. The fourth-order valence-corrected chi connectivity index (χ4v) is 1.77. The van der Waals surface area contributed by atoms with Crippen LogP contribution in [-0.2, 0) is 4.79 Å². The number of nitrogens with zero attached hydrogens (tertiary/aromatic N) is 2. The van der Waals surface area contributed by atoms with E-state index < -0.39 is 22.8 Å². The summed E-state index contributed by atoms with van der Waals surface area (Å²) >= 11 is 0. The lowest BCUT2D eigenvalue weighted by atomic mass is 10.1. The van der Waals surface area contributed by atoms with Gasteiger partial charge in [-0.25, -0.2) is 4.79 Å². The van der Waals surface area contributed by atoms with E-state index in [1.165, 1.54) is 12.1 Å². The maximum absolute atomic E-state index is 11.3. The maximum atomic E-state index is 11.3. The molecule has 0 amide bonds. The molecule has 1 aromatic carbocycles. The van der Waals surface area contributed by atoms with Crippen molar-refractivity contribution in [2.75, 3.05) is 0 Å². The topological polar surface area (TPSA) is 103 Å². The van der Waals surface area contributed by atoms with Crippen LogP contribution >= 0.6 is 0 Å². The highest BCUT2D eigenvalue weighted by Crippen LogP contribution is 2.29. The lowest BCUT2D eigenvalue weighted by Gasteiger charge is -2.15. The number of hydrogen-bond acceptors (Lipinski definition) is 5. The van der Waals surface area contributed by atoms with Gasteiger partial charge >= 0.3 is 11.8 Å². The highest BCUT2D eigenvalue weighted by atomic mass is 16.6. The average molecular weight is 288 g/mol. The molecule has 0 aliphatic heterocycles. The summed E-state index contributed by atoms with van der Waals surface area (Å²) in [6, 6.07) is 11.1. The molecule has 0 aliphatic rings. The number of benzene rings is 1. The Bertz CT molecular complexity index is 672. The lowest BCUT2D eigenvalue weighted by molar-refractivity contribution is -0.390. The van der Waals surface area contributed by atoms with Crippen molar-refractivity contribution in [2.45, 2.75) is 13.0 Å². The van der Waals surface area contributed by atoms with Crippen LogP contribution in [0.15, 0.2) is 42.5 Å². The lowest BCUT2D eigenvalue weighted by Crippen LogP contribution is -2.18. The Morgan fingerprint density at radius 1 is 1.29 bits per heavy atom. The standard InChI is InChI=1S/C14H12N2O5/c1-9-7-8-11(13(15-9)16(19)20)21-12(14(17)18)10-5-3-2-4-6-10/h2-8,12H,1H3,(H,17,18). The Morgan fingerprint density at radius 3 is 2.52 bits per heavy atom. The summed E-state index contributed by atoms with van der Waals surface area (Å²) in [6.45, 7) is 1.60. The quantitative estimate of drug-likeness (QED) is 0.669. The van der Waals surface area contributed by atoms with E-state index in [-0.39, 0.29) is 5.75 Å². The number of hydrogen-bond donors (Lipinski definition) is 1. The molecule has 1 atom stereocenters. The van der Waals surface area contributed by atoms with Crippen molar-refractivity contribution in [3.05, 3.63) is 63.8 Å². The Balaban J connectivity index is 2.39. The largest absolute Gasteiger partial charge is 0.478 e. The van der Waals surface area contributed by atoms with Crippen LogP contribution in [0.25, 0.3) is 0 Å². The van der Waals surface area contributed by atoms with Crippen molar-refractivity contribution < 1.29 is 19.6 Å². The van der Waals surface area contributed by atoms with Gasteiger partial charge in [-0.3, -0.25) is 0 Å². The van der Waals surface area contributed by atoms with E-state index in [0.29, 0.717) is 11.3 Å². The summed E-state index contributed by atoms with van der Waals surface area (Å²) in [5.41, 5.74) is 0.834. The Labute approximate surface area is 120 Å². The number of ether oxygens (including phenoxy) is 1. The van der Waals surface area contributed by atoms with Crippen LogP contribution in [0.1, 0.15) is 17.4 Å². The van der Waals surface area contributed by atoms with Crippen molar-refractivity contribution in [2.24, 2.45) is 0 Å². The first-order valence-electron chi connectivity index (χ1n) is 6.05. The van der Waals surface area contributed by atoms with Gasteiger partial charge in [-0.2, -0.15) is 0 Å². The average Bonchev–Trinajstić information content (AvgIpc) is 2.46. The summed E-state index contributed by atoms with van der Waals surface area (Å²) < 4.78 is 5.31. The number of carboxylic acid groups (broad SMARTS) is 1. The fourth-order valence-electron chi connectivity index (χ4n) is 1.77. The molecule has 2 rings (SSSR count). The van der Waals surface area contributed by atoms with Crippen LogP contribution in [0.5, 0.6) is 5.75 Å². The van der Waals surface area contributed by atoms with Crippen molar-refractivity contribution in [3.8, 4) is 5.75 Å². The predicted molar refractivity (Wildman–Crippen MR) is 73.1 cm³/mol. The third-order valence-electron chi connectivity index (χ3n) is 2.72. The zero-order valence-electron chi connectivity index (χ0n) is 11.1. The molecule has 1 unspecified atom stereocenters. The highest BCUT2D eigenvalue weighted by molar-refractivity contribution is 5.75. The summed E-state index contributed by atoms with van der Waals surface area (Å²) in [6.07, 6.45) is -1.34.